The molecule has 0 aliphatic heterocycles. The van der Waals surface area contributed by atoms with E-state index in [1.807, 2.05) is 43.3 Å². The number of methoxy groups -OCH3 is 1. The van der Waals surface area contributed by atoms with E-state index in [4.69, 9.17) is 9.47 Å². The molecule has 30 heavy (non-hydrogen) atoms. The smallest absolute Gasteiger partial charge is 0.261 e. The molecule has 1 N–H and O–H groups in total. The molecule has 2 aromatic carbocycles. The van der Waals surface area contributed by atoms with Crippen LogP contribution in [0, 0.1) is 5.92 Å². The predicted octanol–water partition coefficient (Wildman–Crippen LogP) is 6.05. The lowest BCUT2D eigenvalue weighted by atomic mass is 9.87. The van der Waals surface area contributed by atoms with Gasteiger partial charge in [-0.3, -0.25) is 4.79 Å². The Balaban J connectivity index is 2.11. The van der Waals surface area contributed by atoms with Crippen LogP contribution >= 0.6 is 0 Å². The molecular weight excluding hydrogens is 374 g/mol. The number of carbonyl (C=O) groups is 1. The van der Waals surface area contributed by atoms with Crippen LogP contribution in [0.15, 0.2) is 48.5 Å². The van der Waals surface area contributed by atoms with E-state index in [1.165, 1.54) is 5.56 Å². The number of rotatable bonds is 9. The third-order valence-corrected chi connectivity index (χ3v) is 5.20. The topological polar surface area (TPSA) is 47.6 Å². The van der Waals surface area contributed by atoms with Gasteiger partial charge in [-0.05, 0) is 59.6 Å². The van der Waals surface area contributed by atoms with Gasteiger partial charge in [-0.2, -0.15) is 0 Å². The highest BCUT2D eigenvalue weighted by Gasteiger charge is 2.24. The summed E-state index contributed by atoms with van der Waals surface area (Å²) in [5.74, 6) is 1.89. The van der Waals surface area contributed by atoms with Gasteiger partial charge in [0.1, 0.15) is 11.5 Å². The Bertz CT molecular complexity index is 789. The van der Waals surface area contributed by atoms with Gasteiger partial charge in [-0.25, -0.2) is 0 Å². The summed E-state index contributed by atoms with van der Waals surface area (Å²) in [6, 6.07) is 15.9. The third kappa shape index (κ3) is 6.79. The second-order valence-electron chi connectivity index (χ2n) is 9.25. The van der Waals surface area contributed by atoms with Crippen molar-refractivity contribution in [2.75, 3.05) is 7.11 Å². The van der Waals surface area contributed by atoms with Crippen LogP contribution in [0.5, 0.6) is 11.5 Å². The van der Waals surface area contributed by atoms with Gasteiger partial charge in [0.25, 0.3) is 5.91 Å². The highest BCUT2D eigenvalue weighted by atomic mass is 16.5. The molecule has 4 heteroatoms. The molecule has 0 spiro atoms. The Morgan fingerprint density at radius 1 is 0.967 bits per heavy atom. The van der Waals surface area contributed by atoms with Gasteiger partial charge in [0.05, 0.1) is 13.2 Å². The monoisotopic (exact) mass is 411 g/mol. The van der Waals surface area contributed by atoms with E-state index in [-0.39, 0.29) is 17.4 Å². The number of nitrogens with one attached hydrogen (secondary N) is 1. The standard InChI is InChI=1S/C26H37NO3/c1-8-24(30-22-15-11-20(12-16-22)26(4,5)6)25(28)27-23(17-18(2)3)19-9-13-21(29-7)14-10-19/h9-16,18,23-24H,8,17H2,1-7H3,(H,27,28)/t23-,24-/m1/s1. The van der Waals surface area contributed by atoms with Gasteiger partial charge in [0.15, 0.2) is 6.10 Å². The van der Waals surface area contributed by atoms with Gasteiger partial charge >= 0.3 is 0 Å². The molecule has 0 saturated carbocycles. The summed E-state index contributed by atoms with van der Waals surface area (Å²) in [6.45, 7) is 12.8. The van der Waals surface area contributed by atoms with Crippen LogP contribution in [0.2, 0.25) is 0 Å². The molecule has 2 aromatic rings. The molecular formula is C26H37NO3. The molecule has 0 radical (unpaired) electrons. The molecule has 2 rings (SSSR count). The van der Waals surface area contributed by atoms with Crippen molar-refractivity contribution in [2.45, 2.75) is 71.9 Å². The number of hydrogen-bond acceptors (Lipinski definition) is 3. The van der Waals surface area contributed by atoms with E-state index in [9.17, 15) is 4.79 Å². The lowest BCUT2D eigenvalue weighted by Gasteiger charge is -2.25. The van der Waals surface area contributed by atoms with E-state index in [0.29, 0.717) is 12.3 Å². The van der Waals surface area contributed by atoms with Crippen LogP contribution in [0.3, 0.4) is 0 Å². The minimum Gasteiger partial charge on any atom is -0.497 e. The van der Waals surface area contributed by atoms with E-state index in [0.717, 1.165) is 23.5 Å². The maximum atomic E-state index is 13.0. The first kappa shape index (κ1) is 23.8. The highest BCUT2D eigenvalue weighted by Crippen LogP contribution is 2.26. The van der Waals surface area contributed by atoms with Gasteiger partial charge in [0.2, 0.25) is 0 Å². The summed E-state index contributed by atoms with van der Waals surface area (Å²) >= 11 is 0. The molecule has 0 saturated heterocycles. The zero-order chi connectivity index (χ0) is 22.3. The van der Waals surface area contributed by atoms with Crippen LogP contribution in [0.4, 0.5) is 0 Å². The van der Waals surface area contributed by atoms with E-state index in [1.54, 1.807) is 7.11 Å². The third-order valence-electron chi connectivity index (χ3n) is 5.20. The highest BCUT2D eigenvalue weighted by molar-refractivity contribution is 5.81. The summed E-state index contributed by atoms with van der Waals surface area (Å²) in [6.07, 6.45) is 0.928. The van der Waals surface area contributed by atoms with Crippen molar-refractivity contribution < 1.29 is 14.3 Å². The molecule has 1 amide bonds. The lowest BCUT2D eigenvalue weighted by Crippen LogP contribution is -2.40. The minimum atomic E-state index is -0.529. The van der Waals surface area contributed by atoms with Crippen molar-refractivity contribution in [1.82, 2.24) is 5.32 Å². The fraction of sp³-hybridized carbons (Fsp3) is 0.500. The molecule has 0 fully saturated rings. The molecule has 0 bridgehead atoms. The number of hydrogen-bond donors (Lipinski definition) is 1. The van der Waals surface area contributed by atoms with Crippen LogP contribution in [-0.2, 0) is 10.2 Å². The van der Waals surface area contributed by atoms with Crippen LogP contribution in [-0.4, -0.2) is 19.1 Å². The molecule has 0 aromatic heterocycles. The number of carbonyl (C=O) groups excluding carboxylic acids is 1. The van der Waals surface area contributed by atoms with Crippen molar-refractivity contribution in [3.8, 4) is 11.5 Å². The fourth-order valence-corrected chi connectivity index (χ4v) is 3.37. The van der Waals surface area contributed by atoms with Gasteiger partial charge < -0.3 is 14.8 Å². The SMILES string of the molecule is CC[C@@H](Oc1ccc(C(C)(C)C)cc1)C(=O)N[C@H](CC(C)C)c1ccc(OC)cc1. The Kier molecular flexibility index (Phi) is 8.33. The summed E-state index contributed by atoms with van der Waals surface area (Å²) in [4.78, 5) is 13.0. The fourth-order valence-electron chi connectivity index (χ4n) is 3.37. The Labute approximate surface area is 182 Å². The van der Waals surface area contributed by atoms with Gasteiger partial charge in [0, 0.05) is 0 Å². The van der Waals surface area contributed by atoms with Gasteiger partial charge in [-0.15, -0.1) is 0 Å². The largest absolute Gasteiger partial charge is 0.497 e. The molecule has 164 valence electrons. The first-order valence-electron chi connectivity index (χ1n) is 10.9. The average Bonchev–Trinajstić information content (AvgIpc) is 2.70. The Morgan fingerprint density at radius 3 is 2.00 bits per heavy atom. The Hall–Kier alpha value is -2.49. The summed E-state index contributed by atoms with van der Waals surface area (Å²) in [5.41, 5.74) is 2.40. The number of amides is 1. The first-order valence-corrected chi connectivity index (χ1v) is 10.9. The van der Waals surface area contributed by atoms with E-state index in [2.05, 4.69) is 52.1 Å². The average molecular weight is 412 g/mol. The van der Waals surface area contributed by atoms with E-state index >= 15 is 0 Å². The van der Waals surface area contributed by atoms with E-state index < -0.39 is 6.10 Å². The zero-order valence-corrected chi connectivity index (χ0v) is 19.5. The first-order chi connectivity index (χ1) is 14.1. The second-order valence-corrected chi connectivity index (χ2v) is 9.25. The van der Waals surface area contributed by atoms with Crippen molar-refractivity contribution >= 4 is 5.91 Å². The van der Waals surface area contributed by atoms with Crippen molar-refractivity contribution in [3.63, 3.8) is 0 Å². The number of ether oxygens (including phenoxy) is 2. The summed E-state index contributed by atoms with van der Waals surface area (Å²) in [5, 5.41) is 3.20. The normalized spacial score (nSPS) is 13.6. The molecule has 4 nitrogen and oxygen atoms in total. The van der Waals surface area contributed by atoms with Crippen molar-refractivity contribution in [3.05, 3.63) is 59.7 Å². The predicted molar refractivity (Wildman–Crippen MR) is 123 cm³/mol. The molecule has 0 heterocycles. The van der Waals surface area contributed by atoms with Crippen LogP contribution < -0.4 is 14.8 Å². The second kappa shape index (κ2) is 10.5. The van der Waals surface area contributed by atoms with Gasteiger partial charge in [-0.1, -0.05) is 65.8 Å². The molecule has 0 aliphatic rings. The van der Waals surface area contributed by atoms with Crippen molar-refractivity contribution in [1.29, 1.82) is 0 Å². The summed E-state index contributed by atoms with van der Waals surface area (Å²) < 4.78 is 11.3. The lowest BCUT2D eigenvalue weighted by molar-refractivity contribution is -0.129. The summed E-state index contributed by atoms with van der Waals surface area (Å²) in [7, 11) is 1.65. The van der Waals surface area contributed by atoms with Crippen LogP contribution in [0.1, 0.15) is 71.6 Å². The quantitative estimate of drug-likeness (QED) is 0.546. The molecule has 0 aliphatic carbocycles. The zero-order valence-electron chi connectivity index (χ0n) is 19.5. The number of benzene rings is 2. The van der Waals surface area contributed by atoms with Crippen molar-refractivity contribution in [2.24, 2.45) is 5.92 Å². The minimum absolute atomic E-state index is 0.0654. The maximum Gasteiger partial charge on any atom is 0.261 e. The molecule has 2 atom stereocenters. The van der Waals surface area contributed by atoms with Crippen LogP contribution in [0.25, 0.3) is 0 Å². The maximum absolute atomic E-state index is 13.0. The molecule has 0 unspecified atom stereocenters. The Morgan fingerprint density at radius 2 is 1.53 bits per heavy atom.